The first-order valence-corrected chi connectivity index (χ1v) is 4.93. The van der Waals surface area contributed by atoms with Gasteiger partial charge in [0, 0.05) is 26.5 Å². The largest absolute Gasteiger partial charge is 0.370 e. The fraction of sp³-hybridized carbons (Fsp3) is 0.500. The quantitative estimate of drug-likeness (QED) is 0.504. The van der Waals surface area contributed by atoms with E-state index in [-0.39, 0.29) is 19.1 Å². The molecule has 1 rings (SSSR count). The van der Waals surface area contributed by atoms with Crippen LogP contribution in [0.25, 0.3) is 0 Å². The number of amides is 3. The van der Waals surface area contributed by atoms with Crippen LogP contribution in [0.2, 0.25) is 0 Å². The fourth-order valence-corrected chi connectivity index (χ4v) is 1.40. The van der Waals surface area contributed by atoms with Crippen LogP contribution in [0.4, 0.5) is 0 Å². The third-order valence-corrected chi connectivity index (χ3v) is 2.21. The van der Waals surface area contributed by atoms with Gasteiger partial charge in [0.1, 0.15) is 0 Å². The van der Waals surface area contributed by atoms with Crippen molar-refractivity contribution in [2.24, 2.45) is 5.73 Å². The van der Waals surface area contributed by atoms with Crippen molar-refractivity contribution in [3.63, 3.8) is 0 Å². The van der Waals surface area contributed by atoms with Crippen molar-refractivity contribution < 1.29 is 15.8 Å². The predicted molar refractivity (Wildman–Crippen MR) is 55.6 cm³/mol. The Bertz CT molecular complexity index is 297. The highest BCUT2D eigenvalue weighted by Crippen LogP contribution is 2.07. The normalized spacial score (nSPS) is 15.1. The number of carbonyl (C=O) groups is 3. The molecule has 0 bridgehead atoms. The molecule has 5 nitrogen and oxygen atoms in total. The molecule has 0 saturated heterocycles. The summed E-state index contributed by atoms with van der Waals surface area (Å²) in [7, 11) is 0. The number of hydrogen-bond donors (Lipinski definition) is 1. The first kappa shape index (κ1) is 11.4. The number of nitrogens with two attached hydrogens (primary N) is 1. The summed E-state index contributed by atoms with van der Waals surface area (Å²) in [4.78, 5) is 33.8. The van der Waals surface area contributed by atoms with Gasteiger partial charge in [-0.3, -0.25) is 19.3 Å². The Balaban J connectivity index is 0.00000225. The smallest absolute Gasteiger partial charge is 0.253 e. The highest BCUT2D eigenvalue weighted by atomic mass is 16.2. The van der Waals surface area contributed by atoms with E-state index in [1.807, 2.05) is 0 Å². The highest BCUT2D eigenvalue weighted by Gasteiger charge is 2.21. The average molecular weight is 212 g/mol. The minimum absolute atomic E-state index is 0. The summed E-state index contributed by atoms with van der Waals surface area (Å²) < 4.78 is 0. The standard InChI is InChI=1S/C10H14N2O3.H2/c11-8(13)4-2-1-3-7-12-9(14)5-6-10(12)15;/h5-6H,1-4,7H2,(H2,11,13);1H. The molecular weight excluding hydrogens is 196 g/mol. The zero-order valence-corrected chi connectivity index (χ0v) is 8.44. The molecular formula is C10H16N2O3. The predicted octanol–water partition coefficient (Wildman–Crippen LogP) is 0.203. The number of nitrogens with zero attached hydrogens (tertiary/aromatic N) is 1. The zero-order chi connectivity index (χ0) is 11.3. The molecule has 5 heteroatoms. The Morgan fingerprint density at radius 3 is 2.33 bits per heavy atom. The minimum Gasteiger partial charge on any atom is -0.370 e. The Labute approximate surface area is 89.4 Å². The highest BCUT2D eigenvalue weighted by molar-refractivity contribution is 6.12. The van der Waals surface area contributed by atoms with Gasteiger partial charge in [0.25, 0.3) is 11.8 Å². The van der Waals surface area contributed by atoms with Gasteiger partial charge < -0.3 is 5.73 Å². The van der Waals surface area contributed by atoms with Crippen LogP contribution in [0.5, 0.6) is 0 Å². The number of carbonyl (C=O) groups excluding carboxylic acids is 3. The second-order valence-corrected chi connectivity index (χ2v) is 3.44. The lowest BCUT2D eigenvalue weighted by Gasteiger charge is -2.12. The van der Waals surface area contributed by atoms with Gasteiger partial charge >= 0.3 is 0 Å². The average Bonchev–Trinajstić information content (AvgIpc) is 2.47. The molecule has 15 heavy (non-hydrogen) atoms. The van der Waals surface area contributed by atoms with E-state index in [0.29, 0.717) is 25.8 Å². The summed E-state index contributed by atoms with van der Waals surface area (Å²) in [6.07, 6.45) is 5.11. The molecule has 0 spiro atoms. The molecule has 0 radical (unpaired) electrons. The molecule has 1 aliphatic heterocycles. The fourth-order valence-electron chi connectivity index (χ4n) is 1.40. The van der Waals surface area contributed by atoms with Crippen molar-refractivity contribution >= 4 is 17.7 Å². The van der Waals surface area contributed by atoms with Crippen LogP contribution in [0.3, 0.4) is 0 Å². The molecule has 0 fully saturated rings. The SMILES string of the molecule is NC(=O)CCCCCN1C(=O)C=CC1=O.[HH]. The molecule has 3 amide bonds. The number of imide groups is 1. The van der Waals surface area contributed by atoms with E-state index in [1.54, 1.807) is 0 Å². The van der Waals surface area contributed by atoms with Crippen LogP contribution in [0.15, 0.2) is 12.2 Å². The first-order chi connectivity index (χ1) is 7.11. The van der Waals surface area contributed by atoms with E-state index in [4.69, 9.17) is 5.73 Å². The molecule has 1 heterocycles. The molecule has 0 aliphatic carbocycles. The van der Waals surface area contributed by atoms with Crippen LogP contribution in [0.1, 0.15) is 27.1 Å². The summed E-state index contributed by atoms with van der Waals surface area (Å²) >= 11 is 0. The maximum atomic E-state index is 11.1. The lowest BCUT2D eigenvalue weighted by Crippen LogP contribution is -2.30. The second kappa shape index (κ2) is 5.29. The van der Waals surface area contributed by atoms with E-state index in [0.717, 1.165) is 6.42 Å². The Kier molecular flexibility index (Phi) is 4.03. The summed E-state index contributed by atoms with van der Waals surface area (Å²) in [5.74, 6) is -0.824. The van der Waals surface area contributed by atoms with Crippen molar-refractivity contribution in [1.82, 2.24) is 4.90 Å². The number of rotatable bonds is 6. The van der Waals surface area contributed by atoms with Crippen molar-refractivity contribution in [2.75, 3.05) is 6.54 Å². The monoisotopic (exact) mass is 212 g/mol. The summed E-state index contributed by atoms with van der Waals surface area (Å²) in [6, 6.07) is 0. The number of primary amides is 1. The number of unbranched alkanes of at least 4 members (excludes halogenated alkanes) is 2. The first-order valence-electron chi connectivity index (χ1n) is 4.93. The molecule has 84 valence electrons. The van der Waals surface area contributed by atoms with Crippen molar-refractivity contribution in [3.05, 3.63) is 12.2 Å². The third-order valence-electron chi connectivity index (χ3n) is 2.21. The van der Waals surface area contributed by atoms with Crippen LogP contribution >= 0.6 is 0 Å². The third kappa shape index (κ3) is 3.53. The van der Waals surface area contributed by atoms with Gasteiger partial charge in [-0.1, -0.05) is 6.42 Å². The van der Waals surface area contributed by atoms with Crippen LogP contribution in [-0.2, 0) is 14.4 Å². The van der Waals surface area contributed by atoms with Gasteiger partial charge in [0.15, 0.2) is 0 Å². The van der Waals surface area contributed by atoms with E-state index in [9.17, 15) is 14.4 Å². The molecule has 0 atom stereocenters. The van der Waals surface area contributed by atoms with Crippen LogP contribution in [0, 0.1) is 0 Å². The van der Waals surface area contributed by atoms with E-state index in [1.165, 1.54) is 17.1 Å². The maximum absolute atomic E-state index is 11.1. The van der Waals surface area contributed by atoms with Crippen LogP contribution in [-0.4, -0.2) is 29.2 Å². The van der Waals surface area contributed by atoms with Crippen molar-refractivity contribution in [3.8, 4) is 0 Å². The Hall–Kier alpha value is -1.65. The van der Waals surface area contributed by atoms with Crippen molar-refractivity contribution in [1.29, 1.82) is 0 Å². The Morgan fingerprint density at radius 2 is 1.80 bits per heavy atom. The molecule has 0 saturated carbocycles. The summed E-state index contributed by atoms with van der Waals surface area (Å²) in [5.41, 5.74) is 4.97. The second-order valence-electron chi connectivity index (χ2n) is 3.44. The lowest BCUT2D eigenvalue weighted by atomic mass is 10.2. The Morgan fingerprint density at radius 1 is 1.20 bits per heavy atom. The number of hydrogen-bond acceptors (Lipinski definition) is 3. The van der Waals surface area contributed by atoms with Gasteiger partial charge in [-0.25, -0.2) is 0 Å². The van der Waals surface area contributed by atoms with E-state index >= 15 is 0 Å². The molecule has 0 aromatic heterocycles. The molecule has 0 aromatic carbocycles. The van der Waals surface area contributed by atoms with Gasteiger partial charge in [-0.15, -0.1) is 0 Å². The van der Waals surface area contributed by atoms with Gasteiger partial charge in [0.05, 0.1) is 0 Å². The molecule has 2 N–H and O–H groups in total. The van der Waals surface area contributed by atoms with Gasteiger partial charge in [-0.05, 0) is 12.8 Å². The van der Waals surface area contributed by atoms with Gasteiger partial charge in [0.2, 0.25) is 5.91 Å². The molecule has 1 aliphatic rings. The molecule has 0 unspecified atom stereocenters. The topological polar surface area (TPSA) is 80.5 Å². The maximum Gasteiger partial charge on any atom is 0.253 e. The zero-order valence-electron chi connectivity index (χ0n) is 8.44. The van der Waals surface area contributed by atoms with Crippen LogP contribution < -0.4 is 5.73 Å². The summed E-state index contributed by atoms with van der Waals surface area (Å²) in [6.45, 7) is 0.420. The van der Waals surface area contributed by atoms with E-state index < -0.39 is 0 Å². The van der Waals surface area contributed by atoms with E-state index in [2.05, 4.69) is 0 Å². The summed E-state index contributed by atoms with van der Waals surface area (Å²) in [5, 5.41) is 0. The lowest BCUT2D eigenvalue weighted by molar-refractivity contribution is -0.136. The van der Waals surface area contributed by atoms with Crippen molar-refractivity contribution in [2.45, 2.75) is 25.7 Å². The van der Waals surface area contributed by atoms with Gasteiger partial charge in [-0.2, -0.15) is 0 Å². The minimum atomic E-state index is -0.315. The molecule has 0 aromatic rings.